The quantitative estimate of drug-likeness (QED) is 0.578. The topological polar surface area (TPSA) is 29.5 Å². The largest absolute Gasteiger partial charge is 0.373 e. The predicted molar refractivity (Wildman–Crippen MR) is 65.7 cm³/mol. The van der Waals surface area contributed by atoms with Crippen LogP contribution in [0.4, 0.5) is 0 Å². The summed E-state index contributed by atoms with van der Waals surface area (Å²) in [5.74, 6) is 0.951. The molecule has 0 N–H and O–H groups in total. The number of hydrogen-bond acceptors (Lipinski definition) is 4. The van der Waals surface area contributed by atoms with Gasteiger partial charge in [-0.25, -0.2) is 0 Å². The van der Waals surface area contributed by atoms with Gasteiger partial charge in [-0.1, -0.05) is 25.2 Å². The highest BCUT2D eigenvalue weighted by molar-refractivity contribution is 8.51. The van der Waals surface area contributed by atoms with Crippen LogP contribution >= 0.6 is 18.4 Å². The van der Waals surface area contributed by atoms with Crippen molar-refractivity contribution >= 4 is 18.4 Å². The van der Waals surface area contributed by atoms with Gasteiger partial charge in [-0.3, -0.25) is 0 Å². The Labute approximate surface area is 92.1 Å². The standard InChI is InChI=1S/C9H22NO2PS/c1-4-10(5-2)7-8-14-13(11)9-12-6-3/h13H,4-9H2,1-3H3. The van der Waals surface area contributed by atoms with E-state index in [0.717, 1.165) is 25.4 Å². The summed E-state index contributed by atoms with van der Waals surface area (Å²) in [4.78, 5) is 2.34. The summed E-state index contributed by atoms with van der Waals surface area (Å²) in [5, 5.41) is 0. The lowest BCUT2D eigenvalue weighted by Gasteiger charge is -2.16. The lowest BCUT2D eigenvalue weighted by molar-refractivity contribution is 0.195. The molecule has 0 radical (unpaired) electrons. The molecule has 3 nitrogen and oxygen atoms in total. The first kappa shape index (κ1) is 14.5. The molecule has 0 bridgehead atoms. The van der Waals surface area contributed by atoms with Crippen molar-refractivity contribution < 1.29 is 9.30 Å². The lowest BCUT2D eigenvalue weighted by Crippen LogP contribution is -2.25. The highest BCUT2D eigenvalue weighted by atomic mass is 32.7. The molecule has 0 amide bonds. The van der Waals surface area contributed by atoms with E-state index in [4.69, 9.17) is 4.74 Å². The molecule has 0 rings (SSSR count). The second kappa shape index (κ2) is 10.0. The Kier molecular flexibility index (Phi) is 10.4. The van der Waals surface area contributed by atoms with E-state index in [-0.39, 0.29) is 0 Å². The fourth-order valence-corrected chi connectivity index (χ4v) is 3.54. The first-order valence-corrected chi connectivity index (χ1v) is 8.52. The summed E-state index contributed by atoms with van der Waals surface area (Å²) in [5.41, 5.74) is 0. The van der Waals surface area contributed by atoms with Crippen LogP contribution in [0, 0.1) is 0 Å². The van der Waals surface area contributed by atoms with Crippen molar-refractivity contribution in [3.05, 3.63) is 0 Å². The molecular weight excluding hydrogens is 217 g/mol. The van der Waals surface area contributed by atoms with E-state index in [2.05, 4.69) is 18.7 Å². The summed E-state index contributed by atoms with van der Waals surface area (Å²) < 4.78 is 16.5. The maximum Gasteiger partial charge on any atom is 0.152 e. The molecule has 1 unspecified atom stereocenters. The zero-order chi connectivity index (χ0) is 10.8. The van der Waals surface area contributed by atoms with Crippen LogP contribution in [-0.2, 0) is 9.30 Å². The third-order valence-corrected chi connectivity index (χ3v) is 5.07. The van der Waals surface area contributed by atoms with Crippen LogP contribution in [0.5, 0.6) is 0 Å². The van der Waals surface area contributed by atoms with Gasteiger partial charge in [-0.05, 0) is 20.0 Å². The van der Waals surface area contributed by atoms with Gasteiger partial charge in [0.05, 0.1) is 0 Å². The molecule has 0 aliphatic heterocycles. The van der Waals surface area contributed by atoms with E-state index in [1.165, 1.54) is 0 Å². The van der Waals surface area contributed by atoms with Gasteiger partial charge in [0.2, 0.25) is 0 Å². The zero-order valence-corrected chi connectivity index (χ0v) is 11.2. The van der Waals surface area contributed by atoms with Gasteiger partial charge in [-0.15, -0.1) is 0 Å². The monoisotopic (exact) mass is 239 g/mol. The fraction of sp³-hybridized carbons (Fsp3) is 1.00. The Balaban J connectivity index is 3.38. The number of hydrogen-bond donors (Lipinski definition) is 0. The number of rotatable bonds is 9. The molecule has 0 aliphatic rings. The van der Waals surface area contributed by atoms with Crippen molar-refractivity contribution in [3.63, 3.8) is 0 Å². The van der Waals surface area contributed by atoms with Crippen molar-refractivity contribution in [1.82, 2.24) is 4.90 Å². The van der Waals surface area contributed by atoms with Crippen molar-refractivity contribution in [2.45, 2.75) is 20.8 Å². The average Bonchev–Trinajstić information content (AvgIpc) is 2.21. The summed E-state index contributed by atoms with van der Waals surface area (Å²) in [7, 11) is -1.55. The summed E-state index contributed by atoms with van der Waals surface area (Å²) in [6.07, 6.45) is 0.435. The van der Waals surface area contributed by atoms with Gasteiger partial charge < -0.3 is 14.2 Å². The molecule has 0 aromatic rings. The summed E-state index contributed by atoms with van der Waals surface area (Å²) in [6.45, 7) is 10.1. The van der Waals surface area contributed by atoms with Gasteiger partial charge >= 0.3 is 0 Å². The van der Waals surface area contributed by atoms with Gasteiger partial charge in [0.25, 0.3) is 0 Å². The van der Waals surface area contributed by atoms with E-state index in [0.29, 0.717) is 13.0 Å². The predicted octanol–water partition coefficient (Wildman–Crippen LogP) is 2.53. The maximum atomic E-state index is 11.4. The van der Waals surface area contributed by atoms with E-state index in [9.17, 15) is 4.57 Å². The highest BCUT2D eigenvalue weighted by Crippen LogP contribution is 2.37. The fourth-order valence-electron chi connectivity index (χ4n) is 1.06. The number of nitrogens with zero attached hydrogens (tertiary/aromatic N) is 1. The Morgan fingerprint density at radius 3 is 2.43 bits per heavy atom. The normalized spacial score (nSPS) is 13.4. The highest BCUT2D eigenvalue weighted by Gasteiger charge is 2.02. The van der Waals surface area contributed by atoms with Crippen molar-refractivity contribution in [2.75, 3.05) is 38.3 Å². The SMILES string of the molecule is CCOC[PH](=O)SCCN(CC)CC. The van der Waals surface area contributed by atoms with Crippen LogP contribution in [0.1, 0.15) is 20.8 Å². The van der Waals surface area contributed by atoms with Crippen molar-refractivity contribution in [2.24, 2.45) is 0 Å². The molecule has 0 aromatic heterocycles. The van der Waals surface area contributed by atoms with E-state index >= 15 is 0 Å². The molecular formula is C9H22NO2PS. The number of ether oxygens (including phenoxy) is 1. The Hall–Kier alpha value is 0.500. The minimum Gasteiger partial charge on any atom is -0.373 e. The zero-order valence-electron chi connectivity index (χ0n) is 9.41. The molecule has 0 aromatic carbocycles. The summed E-state index contributed by atoms with van der Waals surface area (Å²) >= 11 is 1.56. The third-order valence-electron chi connectivity index (χ3n) is 1.99. The van der Waals surface area contributed by atoms with E-state index in [1.54, 1.807) is 11.4 Å². The van der Waals surface area contributed by atoms with Gasteiger partial charge in [0, 0.05) is 18.9 Å². The first-order valence-electron chi connectivity index (χ1n) is 5.20. The summed E-state index contributed by atoms with van der Waals surface area (Å²) in [6, 6.07) is 0. The molecule has 0 heterocycles. The maximum absolute atomic E-state index is 11.4. The molecule has 86 valence electrons. The van der Waals surface area contributed by atoms with Crippen LogP contribution < -0.4 is 0 Å². The second-order valence-electron chi connectivity index (χ2n) is 2.88. The van der Waals surface area contributed by atoms with Crippen molar-refractivity contribution in [1.29, 1.82) is 0 Å². The van der Waals surface area contributed by atoms with Crippen LogP contribution in [-0.4, -0.2) is 43.2 Å². The molecule has 0 spiro atoms. The van der Waals surface area contributed by atoms with Gasteiger partial charge in [0.1, 0.15) is 6.35 Å². The first-order chi connectivity index (χ1) is 6.74. The van der Waals surface area contributed by atoms with Gasteiger partial charge in [0.15, 0.2) is 7.00 Å². The van der Waals surface area contributed by atoms with Crippen LogP contribution in [0.25, 0.3) is 0 Å². The van der Waals surface area contributed by atoms with Crippen molar-refractivity contribution in [3.8, 4) is 0 Å². The molecule has 14 heavy (non-hydrogen) atoms. The van der Waals surface area contributed by atoms with E-state index < -0.39 is 7.00 Å². The molecule has 5 heteroatoms. The Bertz CT molecular complexity index is 154. The smallest absolute Gasteiger partial charge is 0.152 e. The Morgan fingerprint density at radius 2 is 1.93 bits per heavy atom. The minimum absolute atomic E-state index is 0.435. The third kappa shape index (κ3) is 7.86. The minimum atomic E-state index is -1.55. The van der Waals surface area contributed by atoms with E-state index in [1.807, 2.05) is 6.92 Å². The van der Waals surface area contributed by atoms with Crippen LogP contribution in [0.15, 0.2) is 0 Å². The molecule has 1 atom stereocenters. The van der Waals surface area contributed by atoms with Crippen LogP contribution in [0.3, 0.4) is 0 Å². The van der Waals surface area contributed by atoms with Crippen LogP contribution in [0.2, 0.25) is 0 Å². The lowest BCUT2D eigenvalue weighted by atomic mass is 10.5. The van der Waals surface area contributed by atoms with Gasteiger partial charge in [-0.2, -0.15) is 0 Å². The molecule has 0 saturated heterocycles. The molecule has 0 aliphatic carbocycles. The molecule has 0 fully saturated rings. The average molecular weight is 239 g/mol. The Morgan fingerprint density at radius 1 is 1.29 bits per heavy atom. The molecule has 0 saturated carbocycles. The second-order valence-corrected chi connectivity index (χ2v) is 6.85.